The minimum absolute atomic E-state index is 0.257. The van der Waals surface area contributed by atoms with Crippen molar-refractivity contribution in [2.75, 3.05) is 0 Å². The molecule has 1 rings (SSSR count). The summed E-state index contributed by atoms with van der Waals surface area (Å²) in [5, 5.41) is 1.33. The summed E-state index contributed by atoms with van der Waals surface area (Å²) in [4.78, 5) is 24.8. The number of nitrogens with zero attached hydrogens (tertiary/aromatic N) is 1. The van der Waals surface area contributed by atoms with Crippen molar-refractivity contribution < 1.29 is 9.59 Å². The molecule has 4 nitrogen and oxygen atoms in total. The largest absolute Gasteiger partial charge is 0.314 e. The Hall–Kier alpha value is -2.28. The lowest BCUT2D eigenvalue weighted by molar-refractivity contribution is -0.121. The number of nitrogens with one attached hydrogen (secondary N) is 1. The molecule has 0 atom stereocenters. The van der Waals surface area contributed by atoms with Crippen molar-refractivity contribution in [2.45, 2.75) is 54.0 Å². The highest BCUT2D eigenvalue weighted by Crippen LogP contribution is 2.16. The number of hydrogen-bond acceptors (Lipinski definition) is 2. The van der Waals surface area contributed by atoms with E-state index in [-0.39, 0.29) is 11.3 Å². The fraction of sp³-hybridized carbons (Fsp3) is 0.474. The van der Waals surface area contributed by atoms with Gasteiger partial charge in [0.2, 0.25) is 0 Å². The van der Waals surface area contributed by atoms with E-state index >= 15 is 0 Å². The molecule has 0 heterocycles. The number of hydrogen-bond donors (Lipinski definition) is 1. The fourth-order valence-electron chi connectivity index (χ4n) is 1.80. The molecule has 124 valence electrons. The average molecular weight is 314 g/mol. The molecule has 0 radical (unpaired) electrons. The van der Waals surface area contributed by atoms with Crippen LogP contribution in [0.5, 0.6) is 0 Å². The van der Waals surface area contributed by atoms with Crippen LogP contribution < -0.4 is 5.43 Å². The predicted molar refractivity (Wildman–Crippen MR) is 92.5 cm³/mol. The molecule has 4 heteroatoms. The van der Waals surface area contributed by atoms with Crippen LogP contribution in [0.15, 0.2) is 24.3 Å². The number of benzene rings is 1. The highest BCUT2D eigenvalue weighted by atomic mass is 16.2. The van der Waals surface area contributed by atoms with Gasteiger partial charge in [-0.05, 0) is 66.5 Å². The molecule has 0 aliphatic rings. The Morgan fingerprint density at radius 1 is 1.09 bits per heavy atom. The van der Waals surface area contributed by atoms with Crippen molar-refractivity contribution in [2.24, 2.45) is 5.41 Å². The van der Waals surface area contributed by atoms with E-state index in [9.17, 15) is 9.59 Å². The van der Waals surface area contributed by atoms with Crippen molar-refractivity contribution in [1.29, 1.82) is 0 Å². The summed E-state index contributed by atoms with van der Waals surface area (Å²) in [6.45, 7) is 13.3. The first-order chi connectivity index (χ1) is 10.4. The Morgan fingerprint density at radius 2 is 1.70 bits per heavy atom. The van der Waals surface area contributed by atoms with E-state index in [1.807, 2.05) is 60.6 Å². The van der Waals surface area contributed by atoms with E-state index in [1.165, 1.54) is 5.01 Å². The summed E-state index contributed by atoms with van der Waals surface area (Å²) in [6.07, 6.45) is 0. The highest BCUT2D eigenvalue weighted by Gasteiger charge is 2.29. The van der Waals surface area contributed by atoms with Gasteiger partial charge in [0.1, 0.15) is 0 Å². The molecule has 0 fully saturated rings. The summed E-state index contributed by atoms with van der Waals surface area (Å²) in [7, 11) is 0. The van der Waals surface area contributed by atoms with E-state index in [4.69, 9.17) is 0 Å². The van der Waals surface area contributed by atoms with Crippen LogP contribution in [0.3, 0.4) is 0 Å². The SMILES string of the molecule is Cc1cccc(C(=O)N(NC(=O)C#CC(C)(C)C)C(C)(C)C)c1. The molecule has 0 aromatic heterocycles. The third-order valence-electron chi connectivity index (χ3n) is 2.90. The van der Waals surface area contributed by atoms with Gasteiger partial charge in [0.25, 0.3) is 5.91 Å². The number of rotatable bonds is 1. The number of carbonyl (C=O) groups excluding carboxylic acids is 2. The lowest BCUT2D eigenvalue weighted by atomic mass is 9.98. The minimum atomic E-state index is -0.570. The van der Waals surface area contributed by atoms with Gasteiger partial charge in [-0.2, -0.15) is 0 Å². The summed E-state index contributed by atoms with van der Waals surface area (Å²) >= 11 is 0. The van der Waals surface area contributed by atoms with Crippen molar-refractivity contribution in [3.8, 4) is 11.8 Å². The van der Waals surface area contributed by atoms with E-state index in [0.717, 1.165) is 5.56 Å². The van der Waals surface area contributed by atoms with Crippen LogP contribution in [0.2, 0.25) is 0 Å². The molecule has 1 N–H and O–H groups in total. The second-order valence-electron chi connectivity index (χ2n) is 7.62. The average Bonchev–Trinajstić information content (AvgIpc) is 2.40. The Morgan fingerprint density at radius 3 is 2.17 bits per heavy atom. The van der Waals surface area contributed by atoms with E-state index in [0.29, 0.717) is 5.56 Å². The molecule has 23 heavy (non-hydrogen) atoms. The molecule has 0 aliphatic carbocycles. The van der Waals surface area contributed by atoms with Gasteiger partial charge in [0.05, 0.1) is 5.54 Å². The molecular weight excluding hydrogens is 288 g/mol. The highest BCUT2D eigenvalue weighted by molar-refractivity contribution is 5.99. The molecule has 0 aliphatic heterocycles. The van der Waals surface area contributed by atoms with Crippen LogP contribution in [-0.4, -0.2) is 22.4 Å². The number of carbonyl (C=O) groups is 2. The topological polar surface area (TPSA) is 49.4 Å². The molecule has 0 spiro atoms. The molecule has 0 saturated heterocycles. The normalized spacial score (nSPS) is 11.3. The maximum Gasteiger partial charge on any atom is 0.314 e. The summed E-state index contributed by atoms with van der Waals surface area (Å²) < 4.78 is 0. The fourth-order valence-corrected chi connectivity index (χ4v) is 1.80. The summed E-state index contributed by atoms with van der Waals surface area (Å²) in [5.41, 5.74) is 3.30. The Kier molecular flexibility index (Phi) is 5.60. The van der Waals surface area contributed by atoms with E-state index < -0.39 is 11.4 Å². The standard InChI is InChI=1S/C19H26N2O2/c1-14-9-8-10-15(13-14)17(23)21(19(5,6)7)20-16(22)11-12-18(2,3)4/h8-10,13H,1-7H3,(H,20,22). The first-order valence-corrected chi connectivity index (χ1v) is 7.65. The van der Waals surface area contributed by atoms with Gasteiger partial charge in [0.15, 0.2) is 0 Å². The zero-order valence-corrected chi connectivity index (χ0v) is 15.1. The zero-order valence-electron chi connectivity index (χ0n) is 15.1. The van der Waals surface area contributed by atoms with Crippen molar-refractivity contribution >= 4 is 11.8 Å². The second-order valence-corrected chi connectivity index (χ2v) is 7.62. The molecule has 1 aromatic rings. The first-order valence-electron chi connectivity index (χ1n) is 7.65. The smallest absolute Gasteiger partial charge is 0.267 e. The van der Waals surface area contributed by atoms with Crippen molar-refractivity contribution in [1.82, 2.24) is 10.4 Å². The summed E-state index contributed by atoms with van der Waals surface area (Å²) in [6, 6.07) is 7.28. The van der Waals surface area contributed by atoms with Crippen LogP contribution in [0, 0.1) is 24.2 Å². The maximum absolute atomic E-state index is 12.7. The molecule has 0 bridgehead atoms. The van der Waals surface area contributed by atoms with Crippen molar-refractivity contribution in [3.05, 3.63) is 35.4 Å². The lowest BCUT2D eigenvalue weighted by Gasteiger charge is -2.35. The molecule has 2 amide bonds. The first kappa shape index (κ1) is 18.8. The van der Waals surface area contributed by atoms with Crippen molar-refractivity contribution in [3.63, 3.8) is 0 Å². The second kappa shape index (κ2) is 6.87. The van der Waals surface area contributed by atoms with Gasteiger partial charge >= 0.3 is 5.91 Å². The van der Waals surface area contributed by atoms with Gasteiger partial charge in [-0.15, -0.1) is 0 Å². The van der Waals surface area contributed by atoms with Crippen LogP contribution in [0.25, 0.3) is 0 Å². The molecule has 1 aromatic carbocycles. The summed E-state index contributed by atoms with van der Waals surface area (Å²) in [5.74, 6) is 4.67. The van der Waals surface area contributed by atoms with Gasteiger partial charge in [0, 0.05) is 11.0 Å². The third kappa shape index (κ3) is 6.15. The van der Waals surface area contributed by atoms with Gasteiger partial charge < -0.3 is 0 Å². The van der Waals surface area contributed by atoms with Crippen LogP contribution in [0.1, 0.15) is 57.5 Å². The third-order valence-corrected chi connectivity index (χ3v) is 2.90. The maximum atomic E-state index is 12.7. The van der Waals surface area contributed by atoms with Gasteiger partial charge in [-0.3, -0.25) is 15.0 Å². The van der Waals surface area contributed by atoms with Gasteiger partial charge in [-0.25, -0.2) is 5.01 Å². The minimum Gasteiger partial charge on any atom is -0.267 e. The Bertz CT molecular complexity index is 652. The van der Waals surface area contributed by atoms with E-state index in [2.05, 4.69) is 17.3 Å². The number of aryl methyl sites for hydroxylation is 1. The zero-order chi connectivity index (χ0) is 17.8. The molecular formula is C19H26N2O2. The predicted octanol–water partition coefficient (Wildman–Crippen LogP) is 3.32. The monoisotopic (exact) mass is 314 g/mol. The number of amides is 2. The van der Waals surface area contributed by atoms with Gasteiger partial charge in [-0.1, -0.05) is 23.6 Å². The Balaban J connectivity index is 3.04. The van der Waals surface area contributed by atoms with E-state index in [1.54, 1.807) is 12.1 Å². The lowest BCUT2D eigenvalue weighted by Crippen LogP contribution is -2.55. The quantitative estimate of drug-likeness (QED) is 0.638. The molecule has 0 unspecified atom stereocenters. The van der Waals surface area contributed by atoms with Crippen LogP contribution in [0.4, 0.5) is 0 Å². The van der Waals surface area contributed by atoms with Crippen LogP contribution in [-0.2, 0) is 4.79 Å². The number of hydrazine groups is 1. The Labute approximate surface area is 139 Å². The van der Waals surface area contributed by atoms with Crippen LogP contribution >= 0.6 is 0 Å². The molecule has 0 saturated carbocycles.